The van der Waals surface area contributed by atoms with Gasteiger partial charge < -0.3 is 15.5 Å². The Morgan fingerprint density at radius 1 is 1.47 bits per heavy atom. The first kappa shape index (κ1) is 11.9. The van der Waals surface area contributed by atoms with Crippen LogP contribution in [0.1, 0.15) is 18.9 Å². The number of hydrogen-bond donors (Lipinski definition) is 3. The molecule has 0 heterocycles. The highest BCUT2D eigenvalue weighted by atomic mass is 19.1. The van der Waals surface area contributed by atoms with Crippen molar-refractivity contribution in [2.75, 3.05) is 6.61 Å². The van der Waals surface area contributed by atoms with Crippen LogP contribution in [-0.4, -0.2) is 22.9 Å². The van der Waals surface area contributed by atoms with Gasteiger partial charge in [-0.1, -0.05) is 6.07 Å². The molecule has 0 fully saturated rings. The molecule has 0 spiro atoms. The molecular weight excluding hydrogens is 197 g/mol. The lowest BCUT2D eigenvalue weighted by Crippen LogP contribution is -2.26. The third kappa shape index (κ3) is 3.85. The van der Waals surface area contributed by atoms with E-state index in [1.54, 1.807) is 6.07 Å². The van der Waals surface area contributed by atoms with Crippen LogP contribution in [0.3, 0.4) is 0 Å². The van der Waals surface area contributed by atoms with Crippen LogP contribution in [0.5, 0.6) is 5.75 Å². The summed E-state index contributed by atoms with van der Waals surface area (Å²) in [6.45, 7) is 2.61. The number of aliphatic hydroxyl groups is 1. The van der Waals surface area contributed by atoms with Gasteiger partial charge in [-0.15, -0.1) is 0 Å². The quantitative estimate of drug-likeness (QED) is 0.692. The molecule has 1 atom stereocenters. The molecule has 0 aliphatic heterocycles. The summed E-state index contributed by atoms with van der Waals surface area (Å²) in [7, 11) is 0. The first-order valence-electron chi connectivity index (χ1n) is 4.95. The molecule has 1 aromatic carbocycles. The average molecular weight is 213 g/mol. The summed E-state index contributed by atoms with van der Waals surface area (Å²) in [4.78, 5) is 0. The van der Waals surface area contributed by atoms with Crippen molar-refractivity contribution in [2.24, 2.45) is 0 Å². The van der Waals surface area contributed by atoms with Gasteiger partial charge >= 0.3 is 0 Å². The second-order valence-electron chi connectivity index (χ2n) is 3.58. The summed E-state index contributed by atoms with van der Waals surface area (Å²) in [5.41, 5.74) is 0.773. The minimum atomic E-state index is -0.607. The van der Waals surface area contributed by atoms with Gasteiger partial charge in [0.2, 0.25) is 0 Å². The van der Waals surface area contributed by atoms with Gasteiger partial charge in [-0.3, -0.25) is 0 Å². The molecule has 3 nitrogen and oxygen atoms in total. The summed E-state index contributed by atoms with van der Waals surface area (Å²) in [5, 5.41) is 20.8. The standard InChI is InChI=1S/C11H16FNO2/c1-8(4-5-14)13-7-9-2-3-11(15)10(12)6-9/h2-3,6,8,13-15H,4-5,7H2,1H3. The van der Waals surface area contributed by atoms with E-state index in [9.17, 15) is 4.39 Å². The molecule has 3 N–H and O–H groups in total. The third-order valence-electron chi connectivity index (χ3n) is 2.23. The smallest absolute Gasteiger partial charge is 0.165 e. The van der Waals surface area contributed by atoms with E-state index in [0.29, 0.717) is 13.0 Å². The number of aliphatic hydroxyl groups excluding tert-OH is 1. The zero-order chi connectivity index (χ0) is 11.3. The highest BCUT2D eigenvalue weighted by molar-refractivity contribution is 5.27. The van der Waals surface area contributed by atoms with Crippen molar-refractivity contribution >= 4 is 0 Å². The van der Waals surface area contributed by atoms with Crippen LogP contribution in [0.15, 0.2) is 18.2 Å². The number of rotatable bonds is 5. The Hall–Kier alpha value is -1.13. The van der Waals surface area contributed by atoms with E-state index >= 15 is 0 Å². The molecule has 1 unspecified atom stereocenters. The second kappa shape index (κ2) is 5.68. The lowest BCUT2D eigenvalue weighted by atomic mass is 10.2. The average Bonchev–Trinajstić information content (AvgIpc) is 2.20. The maximum Gasteiger partial charge on any atom is 0.165 e. The molecular formula is C11H16FNO2. The Labute approximate surface area is 88.6 Å². The molecule has 0 aliphatic rings. The van der Waals surface area contributed by atoms with Gasteiger partial charge in [-0.25, -0.2) is 4.39 Å². The van der Waals surface area contributed by atoms with Gasteiger partial charge in [0.25, 0.3) is 0 Å². The maximum absolute atomic E-state index is 12.9. The lowest BCUT2D eigenvalue weighted by molar-refractivity contribution is 0.268. The van der Waals surface area contributed by atoms with Crippen LogP contribution in [0.4, 0.5) is 4.39 Å². The van der Waals surface area contributed by atoms with Crippen LogP contribution in [0, 0.1) is 5.82 Å². The zero-order valence-corrected chi connectivity index (χ0v) is 8.70. The molecule has 84 valence electrons. The van der Waals surface area contributed by atoms with E-state index in [2.05, 4.69) is 5.32 Å². The Balaban J connectivity index is 2.47. The van der Waals surface area contributed by atoms with E-state index in [4.69, 9.17) is 10.2 Å². The van der Waals surface area contributed by atoms with Crippen LogP contribution < -0.4 is 5.32 Å². The van der Waals surface area contributed by atoms with Gasteiger partial charge in [-0.05, 0) is 31.0 Å². The number of phenols is 1. The third-order valence-corrected chi connectivity index (χ3v) is 2.23. The van der Waals surface area contributed by atoms with Gasteiger partial charge in [0.1, 0.15) is 0 Å². The van der Waals surface area contributed by atoms with Crippen LogP contribution >= 0.6 is 0 Å². The number of halogens is 1. The first-order chi connectivity index (χ1) is 7.13. The molecule has 0 saturated heterocycles. The summed E-state index contributed by atoms with van der Waals surface area (Å²) in [6, 6.07) is 4.49. The fourth-order valence-corrected chi connectivity index (χ4v) is 1.25. The molecule has 0 aromatic heterocycles. The Bertz CT molecular complexity index is 317. The number of nitrogens with one attached hydrogen (secondary N) is 1. The number of hydrogen-bond acceptors (Lipinski definition) is 3. The van der Waals surface area contributed by atoms with Crippen molar-refractivity contribution in [1.29, 1.82) is 0 Å². The highest BCUT2D eigenvalue weighted by Crippen LogP contribution is 2.15. The summed E-state index contributed by atoms with van der Waals surface area (Å²) in [6.07, 6.45) is 0.667. The molecule has 4 heteroatoms. The maximum atomic E-state index is 12.9. The molecule has 1 aromatic rings. The van der Waals surface area contributed by atoms with Crippen molar-refractivity contribution in [1.82, 2.24) is 5.32 Å². The summed E-state index contributed by atoms with van der Waals surface area (Å²) >= 11 is 0. The van der Waals surface area contributed by atoms with Crippen molar-refractivity contribution < 1.29 is 14.6 Å². The van der Waals surface area contributed by atoms with Crippen molar-refractivity contribution in [2.45, 2.75) is 25.9 Å². The van der Waals surface area contributed by atoms with E-state index in [0.717, 1.165) is 5.56 Å². The Morgan fingerprint density at radius 2 is 2.20 bits per heavy atom. The SMILES string of the molecule is CC(CCO)NCc1ccc(O)c(F)c1. The highest BCUT2D eigenvalue weighted by Gasteiger charge is 2.03. The largest absolute Gasteiger partial charge is 0.505 e. The fourth-order valence-electron chi connectivity index (χ4n) is 1.25. The molecule has 1 rings (SSSR count). The molecule has 0 radical (unpaired) electrons. The monoisotopic (exact) mass is 213 g/mol. The van der Waals surface area contributed by atoms with Gasteiger partial charge in [-0.2, -0.15) is 0 Å². The molecule has 0 saturated carbocycles. The minimum absolute atomic E-state index is 0.137. The molecule has 0 bridgehead atoms. The summed E-state index contributed by atoms with van der Waals surface area (Å²) < 4.78 is 12.9. The summed E-state index contributed by atoms with van der Waals surface area (Å²) in [5.74, 6) is -0.939. The van der Waals surface area contributed by atoms with Crippen LogP contribution in [-0.2, 0) is 6.54 Å². The molecule has 15 heavy (non-hydrogen) atoms. The number of benzene rings is 1. The zero-order valence-electron chi connectivity index (χ0n) is 8.70. The van der Waals surface area contributed by atoms with Gasteiger partial charge in [0.15, 0.2) is 11.6 Å². The van der Waals surface area contributed by atoms with E-state index in [1.165, 1.54) is 12.1 Å². The van der Waals surface area contributed by atoms with E-state index < -0.39 is 5.82 Å². The normalized spacial score (nSPS) is 12.7. The van der Waals surface area contributed by atoms with Crippen molar-refractivity contribution in [3.63, 3.8) is 0 Å². The van der Waals surface area contributed by atoms with Crippen molar-refractivity contribution in [3.05, 3.63) is 29.6 Å². The van der Waals surface area contributed by atoms with Gasteiger partial charge in [0.05, 0.1) is 0 Å². The molecule has 0 amide bonds. The van der Waals surface area contributed by atoms with Gasteiger partial charge in [0, 0.05) is 19.2 Å². The lowest BCUT2D eigenvalue weighted by Gasteiger charge is -2.12. The predicted octanol–water partition coefficient (Wildman–Crippen LogP) is 1.39. The Morgan fingerprint density at radius 3 is 2.80 bits per heavy atom. The Kier molecular flexibility index (Phi) is 4.52. The molecule has 0 aliphatic carbocycles. The topological polar surface area (TPSA) is 52.5 Å². The van der Waals surface area contributed by atoms with Crippen LogP contribution in [0.25, 0.3) is 0 Å². The fraction of sp³-hybridized carbons (Fsp3) is 0.455. The minimum Gasteiger partial charge on any atom is -0.505 e. The number of aromatic hydroxyl groups is 1. The predicted molar refractivity (Wildman–Crippen MR) is 56.1 cm³/mol. The van der Waals surface area contributed by atoms with E-state index in [1.807, 2.05) is 6.92 Å². The number of phenolic OH excluding ortho intramolecular Hbond substituents is 1. The van der Waals surface area contributed by atoms with Crippen molar-refractivity contribution in [3.8, 4) is 5.75 Å². The first-order valence-corrected chi connectivity index (χ1v) is 4.95. The van der Waals surface area contributed by atoms with Crippen LogP contribution in [0.2, 0.25) is 0 Å². The van der Waals surface area contributed by atoms with E-state index in [-0.39, 0.29) is 18.4 Å². The second-order valence-corrected chi connectivity index (χ2v) is 3.58.